The van der Waals surface area contributed by atoms with E-state index in [1.807, 2.05) is 0 Å². The van der Waals surface area contributed by atoms with Crippen molar-refractivity contribution in [3.05, 3.63) is 29.6 Å². The molecule has 0 fully saturated rings. The molecule has 18 heavy (non-hydrogen) atoms. The number of hydrogen-bond acceptors (Lipinski definition) is 4. The van der Waals surface area contributed by atoms with Crippen molar-refractivity contribution in [3.63, 3.8) is 0 Å². The summed E-state index contributed by atoms with van der Waals surface area (Å²) in [6, 6.07) is 3.57. The van der Waals surface area contributed by atoms with E-state index in [-0.39, 0.29) is 17.9 Å². The molecular weight excluding hydrogens is 237 g/mol. The van der Waals surface area contributed by atoms with Crippen molar-refractivity contribution >= 4 is 11.7 Å². The van der Waals surface area contributed by atoms with Crippen molar-refractivity contribution < 1.29 is 18.7 Å². The molecule has 0 aliphatic carbocycles. The van der Waals surface area contributed by atoms with E-state index < -0.39 is 11.8 Å². The first-order chi connectivity index (χ1) is 8.65. The minimum absolute atomic E-state index is 0.0758. The first-order valence-corrected chi connectivity index (χ1v) is 5.95. The SMILES string of the molecule is CCCCOCCOC(=O)c1ccc(F)cc1N. The van der Waals surface area contributed by atoms with E-state index in [0.29, 0.717) is 13.2 Å². The van der Waals surface area contributed by atoms with Crippen molar-refractivity contribution in [2.45, 2.75) is 19.8 Å². The molecule has 0 saturated heterocycles. The number of benzene rings is 1. The van der Waals surface area contributed by atoms with Crippen LogP contribution in [0.2, 0.25) is 0 Å². The van der Waals surface area contributed by atoms with Gasteiger partial charge in [0.15, 0.2) is 0 Å². The molecule has 0 atom stereocenters. The van der Waals surface area contributed by atoms with Crippen LogP contribution in [-0.4, -0.2) is 25.8 Å². The average Bonchev–Trinajstić information content (AvgIpc) is 2.33. The fourth-order valence-corrected chi connectivity index (χ4v) is 1.34. The summed E-state index contributed by atoms with van der Waals surface area (Å²) < 4.78 is 23.0. The average molecular weight is 255 g/mol. The van der Waals surface area contributed by atoms with Crippen LogP contribution >= 0.6 is 0 Å². The zero-order valence-corrected chi connectivity index (χ0v) is 10.4. The van der Waals surface area contributed by atoms with Crippen LogP contribution < -0.4 is 5.73 Å². The molecule has 0 bridgehead atoms. The highest BCUT2D eigenvalue weighted by Gasteiger charge is 2.11. The van der Waals surface area contributed by atoms with Crippen molar-refractivity contribution in [2.75, 3.05) is 25.6 Å². The molecule has 1 aromatic carbocycles. The molecule has 0 spiro atoms. The number of hydrogen-bond donors (Lipinski definition) is 1. The van der Waals surface area contributed by atoms with E-state index in [0.717, 1.165) is 18.9 Å². The molecule has 0 aliphatic heterocycles. The Balaban J connectivity index is 2.32. The Morgan fingerprint density at radius 1 is 1.33 bits per heavy atom. The Hall–Kier alpha value is -1.62. The van der Waals surface area contributed by atoms with Gasteiger partial charge in [0.2, 0.25) is 0 Å². The van der Waals surface area contributed by atoms with Gasteiger partial charge in [-0.3, -0.25) is 0 Å². The van der Waals surface area contributed by atoms with Crippen LogP contribution in [-0.2, 0) is 9.47 Å². The van der Waals surface area contributed by atoms with E-state index in [1.165, 1.54) is 12.1 Å². The van der Waals surface area contributed by atoms with Gasteiger partial charge in [-0.1, -0.05) is 13.3 Å². The molecule has 4 nitrogen and oxygen atoms in total. The molecule has 100 valence electrons. The van der Waals surface area contributed by atoms with E-state index in [4.69, 9.17) is 15.2 Å². The molecular formula is C13H18FNO3. The third kappa shape index (κ3) is 4.71. The van der Waals surface area contributed by atoms with Crippen LogP contribution in [0.25, 0.3) is 0 Å². The van der Waals surface area contributed by atoms with Crippen molar-refractivity contribution in [3.8, 4) is 0 Å². The smallest absolute Gasteiger partial charge is 0.340 e. The number of anilines is 1. The molecule has 0 heterocycles. The molecule has 0 unspecified atom stereocenters. The fraction of sp³-hybridized carbons (Fsp3) is 0.462. The predicted octanol–water partition coefficient (Wildman–Crippen LogP) is 2.38. The van der Waals surface area contributed by atoms with Gasteiger partial charge in [-0.2, -0.15) is 0 Å². The molecule has 1 rings (SSSR count). The van der Waals surface area contributed by atoms with Gasteiger partial charge in [0.25, 0.3) is 0 Å². The maximum atomic E-state index is 12.8. The van der Waals surface area contributed by atoms with Gasteiger partial charge >= 0.3 is 5.97 Å². The second kappa shape index (κ2) is 7.66. The second-order valence-corrected chi connectivity index (χ2v) is 3.83. The number of carbonyl (C=O) groups is 1. The summed E-state index contributed by atoms with van der Waals surface area (Å²) in [4.78, 5) is 11.6. The van der Waals surface area contributed by atoms with E-state index in [1.54, 1.807) is 0 Å². The van der Waals surface area contributed by atoms with Gasteiger partial charge < -0.3 is 15.2 Å². The topological polar surface area (TPSA) is 61.5 Å². The summed E-state index contributed by atoms with van der Waals surface area (Å²) in [7, 11) is 0. The molecule has 5 heteroatoms. The molecule has 0 aliphatic rings. The van der Waals surface area contributed by atoms with Gasteiger partial charge in [0.1, 0.15) is 12.4 Å². The van der Waals surface area contributed by atoms with Gasteiger partial charge in [-0.25, -0.2) is 9.18 Å². The Kier molecular flexibility index (Phi) is 6.14. The lowest BCUT2D eigenvalue weighted by atomic mass is 10.2. The zero-order chi connectivity index (χ0) is 13.4. The highest BCUT2D eigenvalue weighted by Crippen LogP contribution is 2.14. The number of nitrogen functional groups attached to an aromatic ring is 1. The van der Waals surface area contributed by atoms with Gasteiger partial charge in [0, 0.05) is 12.3 Å². The molecule has 0 amide bonds. The molecule has 0 saturated carbocycles. The highest BCUT2D eigenvalue weighted by atomic mass is 19.1. The quantitative estimate of drug-likeness (QED) is 0.461. The monoisotopic (exact) mass is 255 g/mol. The van der Waals surface area contributed by atoms with Crippen LogP contribution in [0.1, 0.15) is 30.1 Å². The Bertz CT molecular complexity index is 396. The molecule has 0 aromatic heterocycles. The highest BCUT2D eigenvalue weighted by molar-refractivity contribution is 5.94. The number of carbonyl (C=O) groups excluding carboxylic acids is 1. The summed E-state index contributed by atoms with van der Waals surface area (Å²) in [5, 5.41) is 0. The molecule has 1 aromatic rings. The third-order valence-electron chi connectivity index (χ3n) is 2.34. The normalized spacial score (nSPS) is 10.3. The molecule has 2 N–H and O–H groups in total. The summed E-state index contributed by atoms with van der Waals surface area (Å²) in [5.74, 6) is -1.04. The Labute approximate surface area is 106 Å². The standard InChI is InChI=1S/C13H18FNO3/c1-2-3-6-17-7-8-18-13(16)11-5-4-10(14)9-12(11)15/h4-5,9H,2-3,6-8,15H2,1H3. The van der Waals surface area contributed by atoms with Crippen LogP contribution in [0, 0.1) is 5.82 Å². The van der Waals surface area contributed by atoms with E-state index in [2.05, 4.69) is 6.92 Å². The van der Waals surface area contributed by atoms with Crippen molar-refractivity contribution in [1.82, 2.24) is 0 Å². The van der Waals surface area contributed by atoms with E-state index in [9.17, 15) is 9.18 Å². The summed E-state index contributed by atoms with van der Waals surface area (Å²) in [5.41, 5.74) is 5.77. The molecule has 0 radical (unpaired) electrons. The number of unbranched alkanes of at least 4 members (excludes halogenated alkanes) is 1. The first kappa shape index (κ1) is 14.4. The number of rotatable bonds is 7. The summed E-state index contributed by atoms with van der Waals surface area (Å²) >= 11 is 0. The van der Waals surface area contributed by atoms with Crippen LogP contribution in [0.5, 0.6) is 0 Å². The van der Waals surface area contributed by atoms with Crippen molar-refractivity contribution in [2.24, 2.45) is 0 Å². The number of halogens is 1. The minimum atomic E-state index is -0.563. The summed E-state index contributed by atoms with van der Waals surface area (Å²) in [6.45, 7) is 3.25. The largest absolute Gasteiger partial charge is 0.460 e. The number of ether oxygens (including phenoxy) is 2. The minimum Gasteiger partial charge on any atom is -0.460 e. The van der Waals surface area contributed by atoms with E-state index >= 15 is 0 Å². The number of esters is 1. The van der Waals surface area contributed by atoms with Crippen molar-refractivity contribution in [1.29, 1.82) is 0 Å². The third-order valence-corrected chi connectivity index (χ3v) is 2.34. The lowest BCUT2D eigenvalue weighted by Crippen LogP contribution is -2.13. The van der Waals surface area contributed by atoms with Gasteiger partial charge in [-0.05, 0) is 24.6 Å². The second-order valence-electron chi connectivity index (χ2n) is 3.83. The zero-order valence-electron chi connectivity index (χ0n) is 10.4. The number of nitrogens with two attached hydrogens (primary N) is 1. The van der Waals surface area contributed by atoms with Crippen LogP contribution in [0.3, 0.4) is 0 Å². The van der Waals surface area contributed by atoms with Crippen LogP contribution in [0.15, 0.2) is 18.2 Å². The Morgan fingerprint density at radius 2 is 2.11 bits per heavy atom. The predicted molar refractivity (Wildman–Crippen MR) is 66.8 cm³/mol. The Morgan fingerprint density at radius 3 is 2.78 bits per heavy atom. The van der Waals surface area contributed by atoms with Gasteiger partial charge in [0.05, 0.1) is 12.2 Å². The maximum absolute atomic E-state index is 12.8. The lowest BCUT2D eigenvalue weighted by Gasteiger charge is -2.07. The maximum Gasteiger partial charge on any atom is 0.340 e. The lowest BCUT2D eigenvalue weighted by molar-refractivity contribution is 0.0315. The van der Waals surface area contributed by atoms with Crippen LogP contribution in [0.4, 0.5) is 10.1 Å². The summed E-state index contributed by atoms with van der Waals surface area (Å²) in [6.07, 6.45) is 2.05. The fourth-order valence-electron chi connectivity index (χ4n) is 1.34. The van der Waals surface area contributed by atoms with Gasteiger partial charge in [-0.15, -0.1) is 0 Å². The first-order valence-electron chi connectivity index (χ1n) is 5.95.